The molecule has 1 unspecified atom stereocenters. The number of carbonyl (C=O) groups excluding carboxylic acids is 1. The molecule has 1 heterocycles. The van der Waals surface area contributed by atoms with Crippen LogP contribution in [0.15, 0.2) is 24.3 Å². The molecule has 0 radical (unpaired) electrons. The number of aromatic nitrogens is 1. The number of benzene rings is 1. The van der Waals surface area contributed by atoms with Gasteiger partial charge >= 0.3 is 5.97 Å². The summed E-state index contributed by atoms with van der Waals surface area (Å²) in [6, 6.07) is 7.86. The van der Waals surface area contributed by atoms with Gasteiger partial charge in [0.05, 0.1) is 0 Å². The van der Waals surface area contributed by atoms with E-state index in [-0.39, 0.29) is 24.5 Å². The highest BCUT2D eigenvalue weighted by molar-refractivity contribution is 6.09. The van der Waals surface area contributed by atoms with E-state index >= 15 is 0 Å². The van der Waals surface area contributed by atoms with Crippen LogP contribution in [-0.2, 0) is 11.2 Å². The quantitative estimate of drug-likeness (QED) is 0.477. The number of carboxylic acid groups (broad SMARTS) is 1. The van der Waals surface area contributed by atoms with Gasteiger partial charge in [0.15, 0.2) is 5.78 Å². The van der Waals surface area contributed by atoms with E-state index in [9.17, 15) is 9.59 Å². The van der Waals surface area contributed by atoms with Crippen LogP contribution < -0.4 is 0 Å². The first-order valence-electron chi connectivity index (χ1n) is 8.87. The number of nitrogens with one attached hydrogen (secondary N) is 1. The average Bonchev–Trinajstić information content (AvgIpc) is 2.89. The normalized spacial score (nSPS) is 12.4. The predicted molar refractivity (Wildman–Crippen MR) is 96.5 cm³/mol. The van der Waals surface area contributed by atoms with Crippen LogP contribution in [0.25, 0.3) is 10.9 Å². The first-order chi connectivity index (χ1) is 11.5. The molecule has 2 N–H and O–H groups in total. The summed E-state index contributed by atoms with van der Waals surface area (Å²) in [7, 11) is 0. The molecule has 0 saturated heterocycles. The van der Waals surface area contributed by atoms with Crippen LogP contribution in [0.3, 0.4) is 0 Å². The second kappa shape index (κ2) is 8.67. The lowest BCUT2D eigenvalue weighted by molar-refractivity contribution is -0.137. The SMILES string of the molecule is CCCCCCc1[nH]c2ccccc2c1C(=O)CC(C)CC(=O)O. The summed E-state index contributed by atoms with van der Waals surface area (Å²) < 4.78 is 0. The highest BCUT2D eigenvalue weighted by atomic mass is 16.4. The minimum absolute atomic E-state index is 0.0277. The molecule has 24 heavy (non-hydrogen) atoms. The second-order valence-electron chi connectivity index (χ2n) is 6.67. The number of ketones is 1. The van der Waals surface area contributed by atoms with Gasteiger partial charge < -0.3 is 10.1 Å². The number of aryl methyl sites for hydroxylation is 1. The summed E-state index contributed by atoms with van der Waals surface area (Å²) in [5, 5.41) is 9.86. The molecule has 0 aliphatic rings. The third-order valence-corrected chi connectivity index (χ3v) is 4.40. The van der Waals surface area contributed by atoms with Crippen LogP contribution in [0, 0.1) is 5.92 Å². The van der Waals surface area contributed by atoms with Crippen molar-refractivity contribution in [1.82, 2.24) is 4.98 Å². The number of para-hydroxylation sites is 1. The molecule has 130 valence electrons. The zero-order valence-electron chi connectivity index (χ0n) is 14.6. The van der Waals surface area contributed by atoms with E-state index in [2.05, 4.69) is 11.9 Å². The number of H-pyrrole nitrogens is 1. The summed E-state index contributed by atoms with van der Waals surface area (Å²) in [5.74, 6) is -0.961. The molecule has 0 aliphatic carbocycles. The van der Waals surface area contributed by atoms with Crippen molar-refractivity contribution < 1.29 is 14.7 Å². The molecule has 2 rings (SSSR count). The Morgan fingerprint density at radius 2 is 1.88 bits per heavy atom. The number of carbonyl (C=O) groups is 2. The van der Waals surface area contributed by atoms with Crippen molar-refractivity contribution >= 4 is 22.7 Å². The number of Topliss-reactive ketones (excluding diaryl/α,β-unsaturated/α-hetero) is 1. The summed E-state index contributed by atoms with van der Waals surface area (Å²) in [5.41, 5.74) is 2.75. The molecule has 4 heteroatoms. The number of aromatic amines is 1. The van der Waals surface area contributed by atoms with Gasteiger partial charge in [-0.05, 0) is 24.8 Å². The smallest absolute Gasteiger partial charge is 0.303 e. The molecule has 1 aromatic heterocycles. The molecular formula is C20H27NO3. The lowest BCUT2D eigenvalue weighted by Gasteiger charge is -2.09. The van der Waals surface area contributed by atoms with Crippen LogP contribution in [0.1, 0.15) is 68.4 Å². The van der Waals surface area contributed by atoms with Gasteiger partial charge in [0.1, 0.15) is 0 Å². The van der Waals surface area contributed by atoms with Crippen molar-refractivity contribution in [3.05, 3.63) is 35.5 Å². The van der Waals surface area contributed by atoms with Gasteiger partial charge in [0, 0.05) is 35.0 Å². The molecule has 0 bridgehead atoms. The zero-order valence-corrected chi connectivity index (χ0v) is 14.6. The fourth-order valence-electron chi connectivity index (χ4n) is 3.22. The van der Waals surface area contributed by atoms with E-state index in [1.54, 1.807) is 0 Å². The lowest BCUT2D eigenvalue weighted by Crippen LogP contribution is -2.11. The Morgan fingerprint density at radius 1 is 1.12 bits per heavy atom. The van der Waals surface area contributed by atoms with Crippen molar-refractivity contribution in [2.45, 2.75) is 58.8 Å². The maximum Gasteiger partial charge on any atom is 0.303 e. The third kappa shape index (κ3) is 4.70. The standard InChI is InChI=1S/C20H27NO3/c1-3-4-5-6-11-17-20(15-9-7-8-10-16(15)21-17)18(22)12-14(2)13-19(23)24/h7-10,14,21H,3-6,11-13H2,1-2H3,(H,23,24). The Kier molecular flexibility index (Phi) is 6.59. The third-order valence-electron chi connectivity index (χ3n) is 4.40. The van der Waals surface area contributed by atoms with Crippen LogP contribution in [0.4, 0.5) is 0 Å². The van der Waals surface area contributed by atoms with Gasteiger partial charge in [-0.2, -0.15) is 0 Å². The van der Waals surface area contributed by atoms with Crippen molar-refractivity contribution in [3.63, 3.8) is 0 Å². The van der Waals surface area contributed by atoms with Gasteiger partial charge in [-0.1, -0.05) is 51.3 Å². The molecule has 0 aliphatic heterocycles. The van der Waals surface area contributed by atoms with E-state index < -0.39 is 5.97 Å². The van der Waals surface area contributed by atoms with Crippen LogP contribution >= 0.6 is 0 Å². The van der Waals surface area contributed by atoms with E-state index in [0.717, 1.165) is 41.4 Å². The average molecular weight is 329 g/mol. The van der Waals surface area contributed by atoms with Gasteiger partial charge in [-0.25, -0.2) is 0 Å². The van der Waals surface area contributed by atoms with Crippen LogP contribution in [0.2, 0.25) is 0 Å². The van der Waals surface area contributed by atoms with Gasteiger partial charge in [-0.15, -0.1) is 0 Å². The topological polar surface area (TPSA) is 70.2 Å². The largest absolute Gasteiger partial charge is 0.481 e. The zero-order chi connectivity index (χ0) is 17.5. The van der Waals surface area contributed by atoms with Gasteiger partial charge in [0.25, 0.3) is 0 Å². The number of carboxylic acids is 1. The van der Waals surface area contributed by atoms with E-state index in [0.29, 0.717) is 0 Å². The predicted octanol–water partition coefficient (Wildman–Crippen LogP) is 4.97. The Morgan fingerprint density at radius 3 is 2.58 bits per heavy atom. The molecule has 0 amide bonds. The molecule has 1 aromatic carbocycles. The number of rotatable bonds is 10. The Balaban J connectivity index is 2.21. The Labute approximate surface area is 143 Å². The fraction of sp³-hybridized carbons (Fsp3) is 0.500. The Hall–Kier alpha value is -2.10. The number of hydrogen-bond acceptors (Lipinski definition) is 2. The van der Waals surface area contributed by atoms with Crippen molar-refractivity contribution in [3.8, 4) is 0 Å². The van der Waals surface area contributed by atoms with Gasteiger partial charge in [0.2, 0.25) is 0 Å². The number of unbranched alkanes of at least 4 members (excludes halogenated alkanes) is 3. The summed E-state index contributed by atoms with van der Waals surface area (Å²) >= 11 is 0. The van der Waals surface area contributed by atoms with Crippen LogP contribution in [0.5, 0.6) is 0 Å². The van der Waals surface area contributed by atoms with E-state index in [4.69, 9.17) is 5.11 Å². The van der Waals surface area contributed by atoms with E-state index in [1.165, 1.54) is 12.8 Å². The fourth-order valence-corrected chi connectivity index (χ4v) is 3.22. The van der Waals surface area contributed by atoms with Crippen molar-refractivity contribution in [1.29, 1.82) is 0 Å². The molecule has 0 spiro atoms. The second-order valence-corrected chi connectivity index (χ2v) is 6.67. The molecular weight excluding hydrogens is 302 g/mol. The number of hydrogen-bond donors (Lipinski definition) is 2. The highest BCUT2D eigenvalue weighted by Crippen LogP contribution is 2.27. The highest BCUT2D eigenvalue weighted by Gasteiger charge is 2.20. The maximum absolute atomic E-state index is 12.8. The summed E-state index contributed by atoms with van der Waals surface area (Å²) in [6.07, 6.45) is 5.78. The molecule has 0 fully saturated rings. The summed E-state index contributed by atoms with van der Waals surface area (Å²) in [4.78, 5) is 27.0. The van der Waals surface area contributed by atoms with E-state index in [1.807, 2.05) is 31.2 Å². The molecule has 0 saturated carbocycles. The van der Waals surface area contributed by atoms with Gasteiger partial charge in [-0.3, -0.25) is 9.59 Å². The first-order valence-corrected chi connectivity index (χ1v) is 8.87. The summed E-state index contributed by atoms with van der Waals surface area (Å²) in [6.45, 7) is 4.00. The molecule has 4 nitrogen and oxygen atoms in total. The molecule has 1 atom stereocenters. The minimum atomic E-state index is -0.853. The maximum atomic E-state index is 12.8. The lowest BCUT2D eigenvalue weighted by atomic mass is 9.94. The molecule has 2 aromatic rings. The Bertz CT molecular complexity index is 702. The van der Waals surface area contributed by atoms with Crippen molar-refractivity contribution in [2.24, 2.45) is 5.92 Å². The first kappa shape index (κ1) is 18.2. The van der Waals surface area contributed by atoms with Crippen molar-refractivity contribution in [2.75, 3.05) is 0 Å². The monoisotopic (exact) mass is 329 g/mol. The minimum Gasteiger partial charge on any atom is -0.481 e. The number of fused-ring (bicyclic) bond motifs is 1. The van der Waals surface area contributed by atoms with Crippen LogP contribution in [-0.4, -0.2) is 21.8 Å². The number of aliphatic carboxylic acids is 1.